The van der Waals surface area contributed by atoms with Gasteiger partial charge in [-0.15, -0.1) is 24.0 Å². The van der Waals surface area contributed by atoms with E-state index in [0.717, 1.165) is 57.7 Å². The highest BCUT2D eigenvalue weighted by molar-refractivity contribution is 14.0. The third-order valence-corrected chi connectivity index (χ3v) is 5.52. The number of guanidine groups is 1. The van der Waals surface area contributed by atoms with Crippen LogP contribution in [0.2, 0.25) is 0 Å². The predicted octanol–water partition coefficient (Wildman–Crippen LogP) is 2.65. The van der Waals surface area contributed by atoms with Gasteiger partial charge in [0, 0.05) is 32.0 Å². The zero-order valence-electron chi connectivity index (χ0n) is 15.4. The fourth-order valence-corrected chi connectivity index (χ4v) is 3.93. The summed E-state index contributed by atoms with van der Waals surface area (Å²) in [4.78, 5) is 11.3. The molecule has 2 fully saturated rings. The van der Waals surface area contributed by atoms with Gasteiger partial charge in [0.05, 0.1) is 24.5 Å². The molecule has 6 nitrogen and oxygen atoms in total. The van der Waals surface area contributed by atoms with E-state index in [4.69, 9.17) is 4.99 Å². The molecule has 2 N–H and O–H groups in total. The summed E-state index contributed by atoms with van der Waals surface area (Å²) in [5.41, 5.74) is -0.590. The number of rotatable bonds is 4. The van der Waals surface area contributed by atoms with Crippen LogP contribution >= 0.6 is 24.0 Å². The van der Waals surface area contributed by atoms with Gasteiger partial charge < -0.3 is 19.9 Å². The summed E-state index contributed by atoms with van der Waals surface area (Å²) in [6, 6.07) is 0.416. The van der Waals surface area contributed by atoms with Gasteiger partial charge in [-0.3, -0.25) is 4.99 Å². The van der Waals surface area contributed by atoms with Crippen LogP contribution in [0.25, 0.3) is 0 Å². The average Bonchev–Trinajstić information content (AvgIpc) is 3.24. The zero-order valence-corrected chi connectivity index (χ0v) is 17.7. The van der Waals surface area contributed by atoms with E-state index in [1.807, 2.05) is 12.5 Å². The van der Waals surface area contributed by atoms with Gasteiger partial charge in [-0.05, 0) is 32.1 Å². The number of likely N-dealkylation sites (tertiary alicyclic amines) is 1. The second-order valence-electron chi connectivity index (χ2n) is 7.39. The standard InChI is InChI=1S/C18H31N5O.HI/c1-3-20-17(21-13-18(24)7-4-5-8-18)22-10-6-15(2)16(12-22)23-11-9-19-14-23;/h9,11,14-16,24H,3-8,10,12-13H2,1-2H3,(H,20,21);1H. The van der Waals surface area contributed by atoms with Crippen molar-refractivity contribution in [2.75, 3.05) is 26.2 Å². The molecule has 142 valence electrons. The quantitative estimate of drug-likeness (QED) is 0.411. The van der Waals surface area contributed by atoms with Crippen LogP contribution in [0.15, 0.2) is 23.7 Å². The van der Waals surface area contributed by atoms with E-state index in [1.54, 1.807) is 0 Å². The van der Waals surface area contributed by atoms with Crippen LogP contribution in [0, 0.1) is 5.92 Å². The van der Waals surface area contributed by atoms with E-state index in [2.05, 4.69) is 39.8 Å². The van der Waals surface area contributed by atoms with Gasteiger partial charge in [-0.2, -0.15) is 0 Å². The Morgan fingerprint density at radius 1 is 1.40 bits per heavy atom. The summed E-state index contributed by atoms with van der Waals surface area (Å²) in [7, 11) is 0. The molecular weight excluding hydrogens is 429 g/mol. The number of hydrogen-bond acceptors (Lipinski definition) is 3. The van der Waals surface area contributed by atoms with E-state index < -0.39 is 5.60 Å². The molecule has 1 aromatic heterocycles. The monoisotopic (exact) mass is 461 g/mol. The van der Waals surface area contributed by atoms with Crippen molar-refractivity contribution in [3.63, 3.8) is 0 Å². The Balaban J connectivity index is 0.00000225. The number of imidazole rings is 1. The number of aromatic nitrogens is 2. The molecule has 1 aliphatic heterocycles. The highest BCUT2D eigenvalue weighted by Crippen LogP contribution is 2.30. The first-order chi connectivity index (χ1) is 11.6. The van der Waals surface area contributed by atoms with Crippen molar-refractivity contribution >= 4 is 29.9 Å². The van der Waals surface area contributed by atoms with Crippen molar-refractivity contribution in [2.45, 2.75) is 57.6 Å². The Kier molecular flexibility index (Phi) is 7.54. The molecule has 2 aliphatic rings. The van der Waals surface area contributed by atoms with Gasteiger partial charge >= 0.3 is 0 Å². The van der Waals surface area contributed by atoms with Crippen molar-refractivity contribution < 1.29 is 5.11 Å². The fourth-order valence-electron chi connectivity index (χ4n) is 3.93. The van der Waals surface area contributed by atoms with Gasteiger partial charge in [-0.1, -0.05) is 19.8 Å². The fraction of sp³-hybridized carbons (Fsp3) is 0.778. The maximum atomic E-state index is 10.6. The summed E-state index contributed by atoms with van der Waals surface area (Å²) in [5.74, 6) is 1.56. The minimum Gasteiger partial charge on any atom is -0.388 e. The number of nitrogens with zero attached hydrogens (tertiary/aromatic N) is 4. The lowest BCUT2D eigenvalue weighted by molar-refractivity contribution is 0.0569. The first-order valence-electron chi connectivity index (χ1n) is 9.34. The lowest BCUT2D eigenvalue weighted by Gasteiger charge is -2.39. The number of piperidine rings is 1. The minimum absolute atomic E-state index is 0. The van der Waals surface area contributed by atoms with Gasteiger partial charge in [-0.25, -0.2) is 4.98 Å². The maximum absolute atomic E-state index is 10.6. The Labute approximate surface area is 168 Å². The molecule has 3 rings (SSSR count). The topological polar surface area (TPSA) is 65.7 Å². The second-order valence-corrected chi connectivity index (χ2v) is 7.39. The van der Waals surface area contributed by atoms with Crippen molar-refractivity contribution in [2.24, 2.45) is 10.9 Å². The molecule has 1 aliphatic carbocycles. The second kappa shape index (κ2) is 9.21. The Morgan fingerprint density at radius 3 is 2.80 bits per heavy atom. The number of nitrogens with one attached hydrogen (secondary N) is 1. The van der Waals surface area contributed by atoms with Crippen LogP contribution in [-0.2, 0) is 0 Å². The van der Waals surface area contributed by atoms with Crippen LogP contribution in [0.1, 0.15) is 52.0 Å². The van der Waals surface area contributed by atoms with E-state index in [9.17, 15) is 5.11 Å². The third-order valence-electron chi connectivity index (χ3n) is 5.52. The molecule has 0 radical (unpaired) electrons. The third kappa shape index (κ3) is 5.09. The summed E-state index contributed by atoms with van der Waals surface area (Å²) >= 11 is 0. The molecule has 1 saturated heterocycles. The Bertz CT molecular complexity index is 542. The summed E-state index contributed by atoms with van der Waals surface area (Å²) < 4.78 is 2.21. The van der Waals surface area contributed by atoms with Crippen molar-refractivity contribution in [3.8, 4) is 0 Å². The molecule has 7 heteroatoms. The molecule has 0 amide bonds. The highest BCUT2D eigenvalue weighted by atomic mass is 127. The van der Waals surface area contributed by atoms with Crippen LogP contribution in [0.3, 0.4) is 0 Å². The molecule has 0 spiro atoms. The number of aliphatic imine (C=N–C) groups is 1. The van der Waals surface area contributed by atoms with Gasteiger partial charge in [0.15, 0.2) is 5.96 Å². The maximum Gasteiger partial charge on any atom is 0.194 e. The molecule has 2 unspecified atom stereocenters. The smallest absolute Gasteiger partial charge is 0.194 e. The zero-order chi connectivity index (χ0) is 17.0. The lowest BCUT2D eigenvalue weighted by Crippen LogP contribution is -2.49. The van der Waals surface area contributed by atoms with Crippen molar-refractivity contribution in [1.82, 2.24) is 19.8 Å². The summed E-state index contributed by atoms with van der Waals surface area (Å²) in [6.45, 7) is 7.71. The van der Waals surface area contributed by atoms with E-state index in [0.29, 0.717) is 18.5 Å². The lowest BCUT2D eigenvalue weighted by atomic mass is 9.93. The first-order valence-corrected chi connectivity index (χ1v) is 9.34. The van der Waals surface area contributed by atoms with Gasteiger partial charge in [0.2, 0.25) is 0 Å². The number of aliphatic hydroxyl groups is 1. The summed E-state index contributed by atoms with van der Waals surface area (Å²) in [6.07, 6.45) is 10.9. The average molecular weight is 461 g/mol. The Morgan fingerprint density at radius 2 is 2.16 bits per heavy atom. The molecule has 1 aromatic rings. The van der Waals surface area contributed by atoms with Crippen molar-refractivity contribution in [1.29, 1.82) is 0 Å². The molecule has 25 heavy (non-hydrogen) atoms. The predicted molar refractivity (Wildman–Crippen MR) is 111 cm³/mol. The van der Waals surface area contributed by atoms with Gasteiger partial charge in [0.1, 0.15) is 0 Å². The normalized spacial score (nSPS) is 26.4. The Hall–Kier alpha value is -0.830. The van der Waals surface area contributed by atoms with E-state index in [-0.39, 0.29) is 24.0 Å². The van der Waals surface area contributed by atoms with Crippen LogP contribution < -0.4 is 5.32 Å². The highest BCUT2D eigenvalue weighted by Gasteiger charge is 2.32. The number of halogens is 1. The molecule has 2 heterocycles. The molecule has 0 bridgehead atoms. The minimum atomic E-state index is -0.590. The van der Waals surface area contributed by atoms with Crippen LogP contribution in [0.4, 0.5) is 0 Å². The number of hydrogen-bond donors (Lipinski definition) is 2. The van der Waals surface area contributed by atoms with Crippen LogP contribution in [-0.4, -0.2) is 57.3 Å². The van der Waals surface area contributed by atoms with Crippen LogP contribution in [0.5, 0.6) is 0 Å². The van der Waals surface area contributed by atoms with E-state index in [1.165, 1.54) is 0 Å². The first kappa shape index (κ1) is 20.5. The molecule has 1 saturated carbocycles. The SMILES string of the molecule is CCNC(=NCC1(O)CCCC1)N1CCC(C)C(n2ccnc2)C1.I. The molecule has 0 aromatic carbocycles. The van der Waals surface area contributed by atoms with E-state index >= 15 is 0 Å². The van der Waals surface area contributed by atoms with Gasteiger partial charge in [0.25, 0.3) is 0 Å². The molecule has 2 atom stereocenters. The van der Waals surface area contributed by atoms with Crippen molar-refractivity contribution in [3.05, 3.63) is 18.7 Å². The summed E-state index contributed by atoms with van der Waals surface area (Å²) in [5, 5.41) is 14.0. The molecular formula is C18H32IN5O. The largest absolute Gasteiger partial charge is 0.388 e.